The molecule has 0 saturated carbocycles. The standard InChI is InChI=1S/C33H43N3O8S2/c1-32(2)25-20-23(22-34)13-15-27(25)36(18-9-19-45(39,40)41)29(32)10-8-11-30-33(3,4)26-21-24(46(42,43)44)14-16-28(26)35(30)17-7-5-6-12-31(37)38/h8,10-11,13-16,20-21H,5-7,9,12,17-19,22,34H2,1-4H3,(H2-,37,38,39,40,41,42,43,44)/p+1. The smallest absolute Gasteiger partial charge is 0.303 e. The summed E-state index contributed by atoms with van der Waals surface area (Å²) >= 11 is 0. The Labute approximate surface area is 271 Å². The summed E-state index contributed by atoms with van der Waals surface area (Å²) < 4.78 is 68.1. The first-order chi connectivity index (χ1) is 21.4. The lowest BCUT2D eigenvalue weighted by Crippen LogP contribution is -2.29. The van der Waals surface area contributed by atoms with Gasteiger partial charge in [0.1, 0.15) is 6.54 Å². The van der Waals surface area contributed by atoms with Crippen LogP contribution in [-0.4, -0.2) is 66.1 Å². The van der Waals surface area contributed by atoms with Crippen molar-refractivity contribution in [2.45, 2.75) is 82.1 Å². The summed E-state index contributed by atoms with van der Waals surface area (Å²) in [6.07, 6.45) is 8.20. The fourth-order valence-corrected chi connectivity index (χ4v) is 7.51. The van der Waals surface area contributed by atoms with Gasteiger partial charge in [-0.2, -0.15) is 21.4 Å². The second-order valence-electron chi connectivity index (χ2n) is 12.9. The molecule has 0 aromatic heterocycles. The van der Waals surface area contributed by atoms with Gasteiger partial charge in [0.05, 0.1) is 16.1 Å². The summed E-state index contributed by atoms with van der Waals surface area (Å²) in [4.78, 5) is 12.9. The lowest BCUT2D eigenvalue weighted by Gasteiger charge is -2.27. The molecule has 2 heterocycles. The molecule has 2 aromatic rings. The topological polar surface area (TPSA) is 178 Å². The van der Waals surface area contributed by atoms with Crippen molar-refractivity contribution in [2.75, 3.05) is 23.7 Å². The Morgan fingerprint density at radius 2 is 1.65 bits per heavy atom. The van der Waals surface area contributed by atoms with Gasteiger partial charge in [-0.05, 0) is 68.5 Å². The molecule has 2 aliphatic rings. The van der Waals surface area contributed by atoms with Crippen LogP contribution in [0.15, 0.2) is 65.2 Å². The SMILES string of the molecule is CC1(C)C(/C=C/C=C2/N(CCCS(=O)(=O)O)c3ccc(CN)cc3C2(C)C)=[N+](CCCCCC(=O)O)c2ccc(S(=O)(=O)O)cc21. The second-order valence-corrected chi connectivity index (χ2v) is 15.9. The molecule has 0 saturated heterocycles. The summed E-state index contributed by atoms with van der Waals surface area (Å²) in [5.74, 6) is -1.20. The zero-order valence-corrected chi connectivity index (χ0v) is 28.4. The molecule has 5 N–H and O–H groups in total. The van der Waals surface area contributed by atoms with Gasteiger partial charge < -0.3 is 15.7 Å². The summed E-state index contributed by atoms with van der Waals surface area (Å²) in [5, 5.41) is 9.02. The molecule has 11 nitrogen and oxygen atoms in total. The number of nitrogens with zero attached hydrogens (tertiary/aromatic N) is 2. The van der Waals surface area contributed by atoms with Gasteiger partial charge in [0.15, 0.2) is 5.71 Å². The number of hydrogen-bond donors (Lipinski definition) is 4. The monoisotopic (exact) mass is 674 g/mol. The van der Waals surface area contributed by atoms with Crippen LogP contribution in [0.5, 0.6) is 0 Å². The van der Waals surface area contributed by atoms with Crippen LogP contribution in [0, 0.1) is 0 Å². The number of nitrogens with two attached hydrogens (primary N) is 1. The van der Waals surface area contributed by atoms with E-state index in [1.54, 1.807) is 6.07 Å². The Bertz CT molecular complexity index is 1820. The minimum atomic E-state index is -4.42. The largest absolute Gasteiger partial charge is 0.481 e. The number of unbranched alkanes of at least 4 members (excludes halogenated alkanes) is 2. The maximum atomic E-state index is 12.0. The number of anilines is 1. The molecule has 0 fully saturated rings. The predicted molar refractivity (Wildman–Crippen MR) is 178 cm³/mol. The third-order valence-electron chi connectivity index (χ3n) is 8.92. The number of carbonyl (C=O) groups is 1. The first kappa shape index (κ1) is 35.5. The Balaban J connectivity index is 1.75. The minimum absolute atomic E-state index is 0.0928. The fourth-order valence-electron chi connectivity index (χ4n) is 6.50. The van der Waals surface area contributed by atoms with Gasteiger partial charge in [-0.25, -0.2) is 0 Å². The minimum Gasteiger partial charge on any atom is -0.481 e. The third kappa shape index (κ3) is 7.60. The average Bonchev–Trinajstić information content (AvgIpc) is 3.29. The van der Waals surface area contributed by atoms with Crippen LogP contribution in [-0.2, 0) is 42.4 Å². The number of hydrogen-bond acceptors (Lipinski definition) is 7. The summed E-state index contributed by atoms with van der Waals surface area (Å²) in [6, 6.07) is 10.6. The molecule has 2 aromatic carbocycles. The van der Waals surface area contributed by atoms with Crippen molar-refractivity contribution in [3.63, 3.8) is 0 Å². The fraction of sp³-hybridized carbons (Fsp3) is 0.455. The van der Waals surface area contributed by atoms with Crippen molar-refractivity contribution < 1.29 is 40.4 Å². The lowest BCUT2D eigenvalue weighted by atomic mass is 9.81. The molecule has 250 valence electrons. The van der Waals surface area contributed by atoms with Crippen molar-refractivity contribution in [3.05, 3.63) is 77.0 Å². The maximum absolute atomic E-state index is 12.0. The first-order valence-electron chi connectivity index (χ1n) is 15.3. The highest BCUT2D eigenvalue weighted by atomic mass is 32.2. The van der Waals surface area contributed by atoms with Gasteiger partial charge in [0.2, 0.25) is 5.69 Å². The number of benzene rings is 2. The highest BCUT2D eigenvalue weighted by molar-refractivity contribution is 7.86. The van der Waals surface area contributed by atoms with Gasteiger partial charge in [-0.3, -0.25) is 13.9 Å². The lowest BCUT2D eigenvalue weighted by molar-refractivity contribution is -0.438. The summed E-state index contributed by atoms with van der Waals surface area (Å²) in [5.41, 5.74) is 11.2. The highest BCUT2D eigenvalue weighted by Gasteiger charge is 2.45. The van der Waals surface area contributed by atoms with Crippen molar-refractivity contribution in [1.29, 1.82) is 0 Å². The van der Waals surface area contributed by atoms with E-state index in [2.05, 4.69) is 29.4 Å². The van der Waals surface area contributed by atoms with Crippen LogP contribution in [0.1, 0.15) is 76.5 Å². The number of carboxylic acids is 1. The van der Waals surface area contributed by atoms with E-state index in [4.69, 9.17) is 10.8 Å². The predicted octanol–water partition coefficient (Wildman–Crippen LogP) is 4.93. The van der Waals surface area contributed by atoms with Crippen LogP contribution >= 0.6 is 0 Å². The molecule has 0 bridgehead atoms. The molecule has 0 aliphatic carbocycles. The van der Waals surface area contributed by atoms with E-state index in [9.17, 15) is 30.7 Å². The van der Waals surface area contributed by atoms with Crippen molar-refractivity contribution in [2.24, 2.45) is 5.73 Å². The number of fused-ring (bicyclic) bond motifs is 2. The summed E-state index contributed by atoms with van der Waals surface area (Å²) in [7, 11) is -8.53. The molecule has 2 aliphatic heterocycles. The number of aliphatic carboxylic acids is 1. The molecular formula is C33H44N3O8S2+. The van der Waals surface area contributed by atoms with Crippen LogP contribution in [0.4, 0.5) is 11.4 Å². The van der Waals surface area contributed by atoms with E-state index in [1.807, 2.05) is 44.2 Å². The highest BCUT2D eigenvalue weighted by Crippen LogP contribution is 2.48. The van der Waals surface area contributed by atoms with Crippen LogP contribution in [0.2, 0.25) is 0 Å². The maximum Gasteiger partial charge on any atom is 0.303 e. The van der Waals surface area contributed by atoms with Gasteiger partial charge in [0.25, 0.3) is 20.2 Å². The second kappa shape index (κ2) is 13.4. The molecule has 0 unspecified atom stereocenters. The van der Waals surface area contributed by atoms with Gasteiger partial charge in [-0.15, -0.1) is 0 Å². The first-order valence-corrected chi connectivity index (χ1v) is 18.4. The Kier molecular flexibility index (Phi) is 10.3. The van der Waals surface area contributed by atoms with Crippen LogP contribution in [0.3, 0.4) is 0 Å². The molecule has 46 heavy (non-hydrogen) atoms. The van der Waals surface area contributed by atoms with Crippen LogP contribution < -0.4 is 10.6 Å². The van der Waals surface area contributed by atoms with Crippen molar-refractivity contribution in [1.82, 2.24) is 0 Å². The zero-order valence-electron chi connectivity index (χ0n) is 26.7. The van der Waals surface area contributed by atoms with Gasteiger partial charge in [0, 0.05) is 60.4 Å². The van der Waals surface area contributed by atoms with Crippen molar-refractivity contribution in [3.8, 4) is 0 Å². The molecule has 0 atom stereocenters. The molecule has 0 spiro atoms. The van der Waals surface area contributed by atoms with Gasteiger partial charge in [-0.1, -0.05) is 32.1 Å². The van der Waals surface area contributed by atoms with E-state index in [0.29, 0.717) is 38.9 Å². The molecule has 4 rings (SSSR count). The molecular weight excluding hydrogens is 631 g/mol. The van der Waals surface area contributed by atoms with Crippen LogP contribution in [0.25, 0.3) is 0 Å². The van der Waals surface area contributed by atoms with Crippen molar-refractivity contribution >= 4 is 43.3 Å². The third-order valence-corrected chi connectivity index (χ3v) is 10.6. The normalized spacial score (nSPS) is 18.1. The van der Waals surface area contributed by atoms with E-state index < -0.39 is 37.0 Å². The Hall–Kier alpha value is -3.36. The number of allylic oxidation sites excluding steroid dienone is 4. The molecule has 13 heteroatoms. The summed E-state index contributed by atoms with van der Waals surface area (Å²) in [6.45, 7) is 9.49. The van der Waals surface area contributed by atoms with E-state index >= 15 is 0 Å². The zero-order chi connectivity index (χ0) is 34.1. The number of rotatable bonds is 14. The molecule has 0 radical (unpaired) electrons. The van der Waals surface area contributed by atoms with E-state index in [1.165, 1.54) is 12.1 Å². The quantitative estimate of drug-likeness (QED) is 0.122. The number of carboxylic acid groups (broad SMARTS) is 1. The average molecular weight is 675 g/mol. The van der Waals surface area contributed by atoms with E-state index in [-0.39, 0.29) is 23.5 Å². The van der Waals surface area contributed by atoms with E-state index in [0.717, 1.165) is 39.5 Å². The Morgan fingerprint density at radius 3 is 2.28 bits per heavy atom. The molecule has 0 amide bonds. The Morgan fingerprint density at radius 1 is 0.935 bits per heavy atom. The van der Waals surface area contributed by atoms with Gasteiger partial charge >= 0.3 is 5.97 Å².